The number of hydrogen-bond acceptors (Lipinski definition) is 6. The van der Waals surface area contributed by atoms with E-state index >= 15 is 0 Å². The van der Waals surface area contributed by atoms with Crippen molar-refractivity contribution in [2.45, 2.75) is 64.2 Å². The summed E-state index contributed by atoms with van der Waals surface area (Å²) in [6.07, 6.45) is 8.34. The maximum absolute atomic E-state index is 14.5. The minimum atomic E-state index is -0.439. The summed E-state index contributed by atoms with van der Waals surface area (Å²) < 4.78 is 19.6. The first-order chi connectivity index (χ1) is 16.1. The molecular formula is C24H38FN7O. The van der Waals surface area contributed by atoms with Crippen LogP contribution in [0.1, 0.15) is 51.9 Å². The van der Waals surface area contributed by atoms with Crippen molar-refractivity contribution in [2.24, 2.45) is 21.6 Å². The number of ether oxygens (including phenoxy) is 1. The first kappa shape index (κ1) is 23.8. The zero-order chi connectivity index (χ0) is 23.2. The molecule has 2 fully saturated rings. The number of rotatable bonds is 8. The SMILES string of the molecule is CCN1CCCC1CNC1NC(=NCC2CCCCC2)N=C(N)N1c1ccc(OC)c(F)c1. The fourth-order valence-electron chi connectivity index (χ4n) is 5.20. The summed E-state index contributed by atoms with van der Waals surface area (Å²) in [7, 11) is 1.46. The zero-order valence-electron chi connectivity index (χ0n) is 19.9. The van der Waals surface area contributed by atoms with E-state index in [0.29, 0.717) is 23.6 Å². The number of methoxy groups -OCH3 is 1. The van der Waals surface area contributed by atoms with Crippen molar-refractivity contribution in [1.82, 2.24) is 15.5 Å². The average Bonchev–Trinajstić information content (AvgIpc) is 3.29. The van der Waals surface area contributed by atoms with Crippen LogP contribution in [0.3, 0.4) is 0 Å². The molecule has 8 nitrogen and oxygen atoms in total. The van der Waals surface area contributed by atoms with E-state index in [-0.39, 0.29) is 18.0 Å². The quantitative estimate of drug-likeness (QED) is 0.554. The highest BCUT2D eigenvalue weighted by molar-refractivity contribution is 6.05. The van der Waals surface area contributed by atoms with E-state index in [1.165, 1.54) is 51.7 Å². The lowest BCUT2D eigenvalue weighted by Gasteiger charge is -2.38. The maximum atomic E-state index is 14.5. The van der Waals surface area contributed by atoms with Crippen LogP contribution in [0.15, 0.2) is 28.2 Å². The zero-order valence-corrected chi connectivity index (χ0v) is 19.9. The topological polar surface area (TPSA) is 90.5 Å². The van der Waals surface area contributed by atoms with Gasteiger partial charge in [0.25, 0.3) is 0 Å². The van der Waals surface area contributed by atoms with Gasteiger partial charge in [0.1, 0.15) is 0 Å². The van der Waals surface area contributed by atoms with Crippen molar-refractivity contribution in [3.05, 3.63) is 24.0 Å². The minimum Gasteiger partial charge on any atom is -0.494 e. The van der Waals surface area contributed by atoms with Crippen molar-refractivity contribution >= 4 is 17.6 Å². The molecule has 9 heteroatoms. The van der Waals surface area contributed by atoms with E-state index in [4.69, 9.17) is 15.5 Å². The van der Waals surface area contributed by atoms with Crippen molar-refractivity contribution < 1.29 is 9.13 Å². The second kappa shape index (κ2) is 11.2. The Bertz CT molecular complexity index is 855. The van der Waals surface area contributed by atoms with Gasteiger partial charge in [-0.2, -0.15) is 4.99 Å². The van der Waals surface area contributed by atoms with Gasteiger partial charge in [-0.25, -0.2) is 4.39 Å². The number of likely N-dealkylation sites (tertiary alicyclic amines) is 1. The Labute approximate surface area is 196 Å². The van der Waals surface area contributed by atoms with Crippen molar-refractivity contribution in [3.63, 3.8) is 0 Å². The number of anilines is 1. The van der Waals surface area contributed by atoms with Crippen molar-refractivity contribution in [1.29, 1.82) is 0 Å². The van der Waals surface area contributed by atoms with E-state index < -0.39 is 5.82 Å². The summed E-state index contributed by atoms with van der Waals surface area (Å²) >= 11 is 0. The van der Waals surface area contributed by atoms with Gasteiger partial charge in [0.05, 0.1) is 12.8 Å². The highest BCUT2D eigenvalue weighted by Gasteiger charge is 2.31. The Hall–Kier alpha value is -2.39. The van der Waals surface area contributed by atoms with Gasteiger partial charge in [0.15, 0.2) is 17.9 Å². The fourth-order valence-corrected chi connectivity index (χ4v) is 5.20. The highest BCUT2D eigenvalue weighted by atomic mass is 19.1. The maximum Gasteiger partial charge on any atom is 0.223 e. The van der Waals surface area contributed by atoms with Gasteiger partial charge in [-0.3, -0.25) is 20.1 Å². The standard InChI is InChI=1S/C24H38FN7O/c1-3-31-13-7-10-19(31)16-28-24-30-23(27-15-17-8-5-4-6-9-17)29-22(26)32(24)18-11-12-21(33-2)20(25)14-18/h11-12,14,17,19,24,28H,3-10,13,15-16H2,1-2H3,(H3,26,27,29,30). The van der Waals surface area contributed by atoms with E-state index in [2.05, 4.69) is 27.4 Å². The van der Waals surface area contributed by atoms with Gasteiger partial charge >= 0.3 is 0 Å². The van der Waals surface area contributed by atoms with Crippen LogP contribution in [0.4, 0.5) is 10.1 Å². The predicted octanol–water partition coefficient (Wildman–Crippen LogP) is 2.85. The lowest BCUT2D eigenvalue weighted by molar-refractivity contribution is 0.252. The first-order valence-electron chi connectivity index (χ1n) is 12.3. The lowest BCUT2D eigenvalue weighted by atomic mass is 9.89. The molecule has 1 aromatic carbocycles. The van der Waals surface area contributed by atoms with Crippen LogP contribution in [-0.2, 0) is 0 Å². The van der Waals surface area contributed by atoms with Crippen LogP contribution in [0.25, 0.3) is 0 Å². The number of nitrogens with zero attached hydrogens (tertiary/aromatic N) is 4. The smallest absolute Gasteiger partial charge is 0.223 e. The summed E-state index contributed by atoms with van der Waals surface area (Å²) in [5.41, 5.74) is 7.01. The summed E-state index contributed by atoms with van der Waals surface area (Å²) in [4.78, 5) is 13.5. The van der Waals surface area contributed by atoms with Crippen LogP contribution in [0.5, 0.6) is 5.75 Å². The van der Waals surface area contributed by atoms with Crippen LogP contribution in [0.2, 0.25) is 0 Å². The van der Waals surface area contributed by atoms with Crippen molar-refractivity contribution in [2.75, 3.05) is 38.2 Å². The van der Waals surface area contributed by atoms with Gasteiger partial charge in [-0.1, -0.05) is 26.2 Å². The summed E-state index contributed by atoms with van der Waals surface area (Å²) in [6, 6.07) is 5.29. The molecule has 2 heterocycles. The normalized spacial score (nSPS) is 25.8. The Morgan fingerprint density at radius 2 is 2.06 bits per heavy atom. The summed E-state index contributed by atoms with van der Waals surface area (Å²) in [5.74, 6) is 1.20. The van der Waals surface area contributed by atoms with Gasteiger partial charge in [-0.05, 0) is 56.8 Å². The largest absolute Gasteiger partial charge is 0.494 e. The van der Waals surface area contributed by atoms with E-state index in [1.807, 2.05) is 0 Å². The molecule has 182 valence electrons. The molecule has 1 saturated carbocycles. The summed E-state index contributed by atoms with van der Waals surface area (Å²) in [5, 5.41) is 7.00. The molecule has 1 aromatic rings. The Morgan fingerprint density at radius 3 is 2.79 bits per heavy atom. The molecular weight excluding hydrogens is 421 g/mol. The van der Waals surface area contributed by atoms with Gasteiger partial charge in [-0.15, -0.1) is 0 Å². The Balaban J connectivity index is 1.54. The third-order valence-electron chi connectivity index (χ3n) is 7.08. The molecule has 0 amide bonds. The number of nitrogens with two attached hydrogens (primary N) is 1. The van der Waals surface area contributed by atoms with Gasteiger partial charge < -0.3 is 15.8 Å². The van der Waals surface area contributed by atoms with Gasteiger partial charge in [0.2, 0.25) is 11.9 Å². The summed E-state index contributed by atoms with van der Waals surface area (Å²) in [6.45, 7) is 5.92. The molecule has 0 spiro atoms. The van der Waals surface area contributed by atoms with Gasteiger partial charge in [0, 0.05) is 25.2 Å². The average molecular weight is 460 g/mol. The third-order valence-corrected chi connectivity index (χ3v) is 7.08. The molecule has 33 heavy (non-hydrogen) atoms. The molecule has 1 saturated heterocycles. The number of likely N-dealkylation sites (N-methyl/N-ethyl adjacent to an activating group) is 1. The molecule has 2 aliphatic heterocycles. The number of benzene rings is 1. The van der Waals surface area contributed by atoms with Crippen LogP contribution in [-0.4, -0.2) is 62.4 Å². The molecule has 0 bridgehead atoms. The minimum absolute atomic E-state index is 0.197. The van der Waals surface area contributed by atoms with Crippen LogP contribution in [0, 0.1) is 11.7 Å². The van der Waals surface area contributed by atoms with E-state index in [9.17, 15) is 4.39 Å². The molecule has 1 aliphatic carbocycles. The molecule has 3 aliphatic rings. The lowest BCUT2D eigenvalue weighted by Crippen LogP contribution is -2.65. The molecule has 4 N–H and O–H groups in total. The predicted molar refractivity (Wildman–Crippen MR) is 131 cm³/mol. The van der Waals surface area contributed by atoms with Crippen LogP contribution >= 0.6 is 0 Å². The fraction of sp³-hybridized carbons (Fsp3) is 0.667. The molecule has 2 atom stereocenters. The highest BCUT2D eigenvalue weighted by Crippen LogP contribution is 2.26. The van der Waals surface area contributed by atoms with Crippen LogP contribution < -0.4 is 26.0 Å². The van der Waals surface area contributed by atoms with E-state index in [1.54, 1.807) is 17.0 Å². The first-order valence-corrected chi connectivity index (χ1v) is 12.3. The second-order valence-electron chi connectivity index (χ2n) is 9.21. The number of aliphatic imine (C=N–C) groups is 2. The molecule has 0 radical (unpaired) electrons. The molecule has 0 aromatic heterocycles. The number of hydrogen-bond donors (Lipinski definition) is 3. The molecule has 4 rings (SSSR count). The van der Waals surface area contributed by atoms with Crippen molar-refractivity contribution in [3.8, 4) is 5.75 Å². The monoisotopic (exact) mass is 459 g/mol. The van der Waals surface area contributed by atoms with E-state index in [0.717, 1.165) is 32.6 Å². The molecule has 2 unspecified atom stereocenters. The Morgan fingerprint density at radius 1 is 1.24 bits per heavy atom. The second-order valence-corrected chi connectivity index (χ2v) is 9.21. The number of nitrogens with one attached hydrogen (secondary N) is 2. The third kappa shape index (κ3) is 5.76. The number of halogens is 1. The number of guanidine groups is 2. The Kier molecular flexibility index (Phi) is 8.03.